The van der Waals surface area contributed by atoms with Gasteiger partial charge in [0, 0.05) is 6.54 Å². The highest BCUT2D eigenvalue weighted by atomic mass is 35.5. The van der Waals surface area contributed by atoms with E-state index in [0.29, 0.717) is 18.1 Å². The second kappa shape index (κ2) is 3.74. The average molecular weight is 175 g/mol. The van der Waals surface area contributed by atoms with Gasteiger partial charge >= 0.3 is 0 Å². The molecule has 1 aromatic rings. The summed E-state index contributed by atoms with van der Waals surface area (Å²) in [5, 5.41) is 13.5. The van der Waals surface area contributed by atoms with E-state index in [1.54, 1.807) is 23.9 Å². The standard InChI is InChI=1S/C7H11ClN2O/c1-6(11)3-5-10-7(8)2-4-9-10/h2,4,6,11H,3,5H2,1H3. The molecule has 0 amide bonds. The molecule has 4 heteroatoms. The molecule has 0 aliphatic carbocycles. The summed E-state index contributed by atoms with van der Waals surface area (Å²) in [6, 6.07) is 1.73. The van der Waals surface area contributed by atoms with E-state index in [1.165, 1.54) is 0 Å². The zero-order chi connectivity index (χ0) is 8.27. The van der Waals surface area contributed by atoms with Crippen molar-refractivity contribution in [2.24, 2.45) is 0 Å². The second-order valence-electron chi connectivity index (χ2n) is 2.51. The van der Waals surface area contributed by atoms with Crippen LogP contribution < -0.4 is 0 Å². The van der Waals surface area contributed by atoms with Gasteiger partial charge in [-0.3, -0.25) is 4.68 Å². The monoisotopic (exact) mass is 174 g/mol. The molecule has 3 nitrogen and oxygen atoms in total. The van der Waals surface area contributed by atoms with E-state index in [1.807, 2.05) is 0 Å². The van der Waals surface area contributed by atoms with Gasteiger partial charge in [0.2, 0.25) is 0 Å². The molecule has 1 unspecified atom stereocenters. The average Bonchev–Trinajstić information content (AvgIpc) is 2.31. The summed E-state index contributed by atoms with van der Waals surface area (Å²) in [5.41, 5.74) is 0. The molecule has 1 rings (SSSR count). The van der Waals surface area contributed by atoms with E-state index < -0.39 is 0 Å². The smallest absolute Gasteiger partial charge is 0.127 e. The summed E-state index contributed by atoms with van der Waals surface area (Å²) >= 11 is 5.74. The molecule has 0 spiro atoms. The van der Waals surface area contributed by atoms with Crippen molar-refractivity contribution in [3.05, 3.63) is 17.4 Å². The predicted octanol–water partition coefficient (Wildman–Crippen LogP) is 1.31. The third-order valence-electron chi connectivity index (χ3n) is 1.42. The maximum Gasteiger partial charge on any atom is 0.127 e. The lowest BCUT2D eigenvalue weighted by Crippen LogP contribution is -2.07. The van der Waals surface area contributed by atoms with Crippen molar-refractivity contribution in [1.82, 2.24) is 9.78 Å². The highest BCUT2D eigenvalue weighted by Crippen LogP contribution is 2.07. The zero-order valence-corrected chi connectivity index (χ0v) is 7.12. The van der Waals surface area contributed by atoms with Gasteiger partial charge in [-0.2, -0.15) is 5.10 Å². The van der Waals surface area contributed by atoms with Crippen molar-refractivity contribution in [3.63, 3.8) is 0 Å². The summed E-state index contributed by atoms with van der Waals surface area (Å²) in [7, 11) is 0. The molecule has 62 valence electrons. The van der Waals surface area contributed by atoms with E-state index in [-0.39, 0.29) is 6.10 Å². The highest BCUT2D eigenvalue weighted by molar-refractivity contribution is 6.29. The summed E-state index contributed by atoms with van der Waals surface area (Å²) in [6.07, 6.45) is 2.03. The molecule has 11 heavy (non-hydrogen) atoms. The molecular weight excluding hydrogens is 164 g/mol. The van der Waals surface area contributed by atoms with E-state index in [0.717, 1.165) is 0 Å². The number of nitrogens with zero attached hydrogens (tertiary/aromatic N) is 2. The lowest BCUT2D eigenvalue weighted by molar-refractivity contribution is 0.176. The van der Waals surface area contributed by atoms with Crippen LogP contribution in [0.1, 0.15) is 13.3 Å². The predicted molar refractivity (Wildman–Crippen MR) is 43.5 cm³/mol. The molecule has 0 fully saturated rings. The molecule has 0 aliphatic rings. The molecule has 1 aromatic heterocycles. The van der Waals surface area contributed by atoms with Gasteiger partial charge in [-0.1, -0.05) is 11.6 Å². The van der Waals surface area contributed by atoms with Gasteiger partial charge in [0.05, 0.1) is 12.3 Å². The number of hydrogen-bond donors (Lipinski definition) is 1. The Labute approximate surface area is 70.6 Å². The van der Waals surface area contributed by atoms with E-state index in [4.69, 9.17) is 16.7 Å². The topological polar surface area (TPSA) is 38.0 Å². The van der Waals surface area contributed by atoms with E-state index in [9.17, 15) is 0 Å². The van der Waals surface area contributed by atoms with Crippen LogP contribution in [0, 0.1) is 0 Å². The Bertz CT molecular complexity index is 222. The molecule has 0 aliphatic heterocycles. The van der Waals surface area contributed by atoms with Crippen LogP contribution in [0.15, 0.2) is 12.3 Å². The number of aromatic nitrogens is 2. The van der Waals surface area contributed by atoms with Crippen molar-refractivity contribution in [2.45, 2.75) is 26.0 Å². The van der Waals surface area contributed by atoms with Crippen molar-refractivity contribution in [2.75, 3.05) is 0 Å². The van der Waals surface area contributed by atoms with Gasteiger partial charge in [-0.15, -0.1) is 0 Å². The third-order valence-corrected chi connectivity index (χ3v) is 1.74. The minimum atomic E-state index is -0.296. The summed E-state index contributed by atoms with van der Waals surface area (Å²) < 4.78 is 1.66. The first-order valence-corrected chi connectivity index (χ1v) is 3.93. The molecule has 0 saturated heterocycles. The highest BCUT2D eigenvalue weighted by Gasteiger charge is 2.00. The molecule has 0 aromatic carbocycles. The van der Waals surface area contributed by atoms with Crippen LogP contribution in [0.5, 0.6) is 0 Å². The SMILES string of the molecule is CC(O)CCn1nccc1Cl. The van der Waals surface area contributed by atoms with Crippen LogP contribution in [0.2, 0.25) is 5.15 Å². The Kier molecular flexibility index (Phi) is 2.91. The molecule has 1 atom stereocenters. The summed E-state index contributed by atoms with van der Waals surface area (Å²) in [5.74, 6) is 0. The largest absolute Gasteiger partial charge is 0.393 e. The van der Waals surface area contributed by atoms with Gasteiger partial charge in [-0.25, -0.2) is 0 Å². The van der Waals surface area contributed by atoms with Crippen molar-refractivity contribution >= 4 is 11.6 Å². The number of aliphatic hydroxyl groups excluding tert-OH is 1. The minimum Gasteiger partial charge on any atom is -0.393 e. The number of rotatable bonds is 3. The normalized spacial score (nSPS) is 13.4. The first-order valence-electron chi connectivity index (χ1n) is 3.55. The second-order valence-corrected chi connectivity index (χ2v) is 2.90. The van der Waals surface area contributed by atoms with Crippen molar-refractivity contribution in [3.8, 4) is 0 Å². The Hall–Kier alpha value is -0.540. The molecule has 0 bridgehead atoms. The van der Waals surface area contributed by atoms with E-state index in [2.05, 4.69) is 5.10 Å². The fourth-order valence-electron chi connectivity index (χ4n) is 0.790. The Morgan fingerprint density at radius 2 is 2.55 bits per heavy atom. The summed E-state index contributed by atoms with van der Waals surface area (Å²) in [6.45, 7) is 2.42. The quantitative estimate of drug-likeness (QED) is 0.751. The Morgan fingerprint density at radius 1 is 1.82 bits per heavy atom. The van der Waals surface area contributed by atoms with Gasteiger partial charge < -0.3 is 5.11 Å². The van der Waals surface area contributed by atoms with Gasteiger partial charge in [-0.05, 0) is 19.4 Å². The van der Waals surface area contributed by atoms with Gasteiger partial charge in [0.25, 0.3) is 0 Å². The number of hydrogen-bond acceptors (Lipinski definition) is 2. The van der Waals surface area contributed by atoms with Gasteiger partial charge in [0.15, 0.2) is 0 Å². The van der Waals surface area contributed by atoms with Crippen LogP contribution in [0.4, 0.5) is 0 Å². The minimum absolute atomic E-state index is 0.296. The first-order chi connectivity index (χ1) is 5.20. The fourth-order valence-corrected chi connectivity index (χ4v) is 0.975. The first kappa shape index (κ1) is 8.56. The molecule has 1 N–H and O–H groups in total. The summed E-state index contributed by atoms with van der Waals surface area (Å²) in [4.78, 5) is 0. The number of halogens is 1. The van der Waals surface area contributed by atoms with Crippen LogP contribution in [0.3, 0.4) is 0 Å². The van der Waals surface area contributed by atoms with E-state index >= 15 is 0 Å². The third kappa shape index (κ3) is 2.52. The Morgan fingerprint density at radius 3 is 3.00 bits per heavy atom. The number of aryl methyl sites for hydroxylation is 1. The lowest BCUT2D eigenvalue weighted by atomic mass is 10.3. The van der Waals surface area contributed by atoms with Crippen LogP contribution in [-0.4, -0.2) is 21.0 Å². The maximum atomic E-state index is 8.96. The molecule has 1 heterocycles. The van der Waals surface area contributed by atoms with Crippen molar-refractivity contribution < 1.29 is 5.11 Å². The van der Waals surface area contributed by atoms with Crippen LogP contribution in [-0.2, 0) is 6.54 Å². The van der Waals surface area contributed by atoms with Crippen LogP contribution >= 0.6 is 11.6 Å². The maximum absolute atomic E-state index is 8.96. The number of aliphatic hydroxyl groups is 1. The zero-order valence-electron chi connectivity index (χ0n) is 6.37. The van der Waals surface area contributed by atoms with Crippen molar-refractivity contribution in [1.29, 1.82) is 0 Å². The molecule has 0 radical (unpaired) electrons. The molecular formula is C7H11ClN2O. The Balaban J connectivity index is 2.44. The van der Waals surface area contributed by atoms with Gasteiger partial charge in [0.1, 0.15) is 5.15 Å². The fraction of sp³-hybridized carbons (Fsp3) is 0.571. The lowest BCUT2D eigenvalue weighted by Gasteiger charge is -2.04. The van der Waals surface area contributed by atoms with Crippen LogP contribution in [0.25, 0.3) is 0 Å². The molecule has 0 saturated carbocycles.